The molecule has 0 saturated carbocycles. The van der Waals surface area contributed by atoms with Crippen LogP contribution >= 0.6 is 0 Å². The van der Waals surface area contributed by atoms with Crippen LogP contribution in [0.4, 0.5) is 24.7 Å². The van der Waals surface area contributed by atoms with E-state index in [1.807, 2.05) is 0 Å². The number of hydrogen-bond acceptors (Lipinski definition) is 6. The van der Waals surface area contributed by atoms with Crippen molar-refractivity contribution in [3.05, 3.63) is 40.6 Å². The van der Waals surface area contributed by atoms with E-state index in [0.29, 0.717) is 18.8 Å². The standard InChI is InChI=1S/C14H13F3N4O4/c1-13(8-20-6-11(21(22)23)19-12(20)25-13)7-18-9-2-4-10(5-3-9)24-14(15,16)17/h2-6,18H,7-8H2,1H3. The fraction of sp³-hybridized carbons (Fsp3) is 0.357. The number of benzene rings is 1. The lowest BCUT2D eigenvalue weighted by Crippen LogP contribution is -2.39. The third-order valence-corrected chi connectivity index (χ3v) is 3.51. The summed E-state index contributed by atoms with van der Waals surface area (Å²) in [5.41, 5.74) is -0.117. The van der Waals surface area contributed by atoms with Crippen LogP contribution in [0.5, 0.6) is 11.8 Å². The number of hydrogen-bond donors (Lipinski definition) is 1. The van der Waals surface area contributed by atoms with Gasteiger partial charge in [-0.3, -0.25) is 4.57 Å². The molecule has 3 rings (SSSR count). The largest absolute Gasteiger partial charge is 0.573 e. The molecule has 0 fully saturated rings. The molecule has 25 heavy (non-hydrogen) atoms. The minimum atomic E-state index is -4.73. The van der Waals surface area contributed by atoms with Gasteiger partial charge in [0.25, 0.3) is 0 Å². The number of alkyl halides is 3. The highest BCUT2D eigenvalue weighted by Gasteiger charge is 2.40. The predicted molar refractivity (Wildman–Crippen MR) is 79.5 cm³/mol. The Bertz CT molecular complexity index is 765. The van der Waals surface area contributed by atoms with Gasteiger partial charge in [0.05, 0.1) is 13.1 Å². The molecule has 1 unspecified atom stereocenters. The number of anilines is 1. The molecular weight excluding hydrogens is 345 g/mol. The highest BCUT2D eigenvalue weighted by atomic mass is 19.4. The van der Waals surface area contributed by atoms with E-state index in [1.54, 1.807) is 11.5 Å². The second-order valence-corrected chi connectivity index (χ2v) is 5.74. The van der Waals surface area contributed by atoms with Crippen LogP contribution in [0.1, 0.15) is 6.92 Å². The van der Waals surface area contributed by atoms with Crippen LogP contribution in [0.15, 0.2) is 30.5 Å². The fourth-order valence-corrected chi connectivity index (χ4v) is 2.44. The van der Waals surface area contributed by atoms with Crippen LogP contribution in [-0.4, -0.2) is 33.0 Å². The molecule has 0 radical (unpaired) electrons. The van der Waals surface area contributed by atoms with E-state index in [0.717, 1.165) is 0 Å². The number of fused-ring (bicyclic) bond motifs is 1. The van der Waals surface area contributed by atoms with Crippen molar-refractivity contribution >= 4 is 11.5 Å². The Morgan fingerprint density at radius 1 is 1.44 bits per heavy atom. The molecule has 0 bridgehead atoms. The van der Waals surface area contributed by atoms with Crippen LogP contribution in [0.2, 0.25) is 0 Å². The Hall–Kier alpha value is -2.98. The summed E-state index contributed by atoms with van der Waals surface area (Å²) in [7, 11) is 0. The van der Waals surface area contributed by atoms with Gasteiger partial charge in [-0.05, 0) is 36.1 Å². The van der Waals surface area contributed by atoms with Crippen molar-refractivity contribution in [1.29, 1.82) is 0 Å². The van der Waals surface area contributed by atoms with Gasteiger partial charge in [-0.2, -0.15) is 0 Å². The van der Waals surface area contributed by atoms with Crippen LogP contribution in [-0.2, 0) is 6.54 Å². The monoisotopic (exact) mass is 358 g/mol. The number of ether oxygens (including phenoxy) is 2. The van der Waals surface area contributed by atoms with Crippen molar-refractivity contribution in [3.63, 3.8) is 0 Å². The maximum atomic E-state index is 12.1. The van der Waals surface area contributed by atoms with E-state index < -0.39 is 16.9 Å². The van der Waals surface area contributed by atoms with E-state index in [4.69, 9.17) is 4.74 Å². The molecule has 2 aromatic rings. The van der Waals surface area contributed by atoms with Gasteiger partial charge in [0.1, 0.15) is 17.5 Å². The molecule has 1 aliphatic rings. The number of halogens is 3. The summed E-state index contributed by atoms with van der Waals surface area (Å²) in [5, 5.41) is 13.7. The van der Waals surface area contributed by atoms with E-state index >= 15 is 0 Å². The van der Waals surface area contributed by atoms with Crippen molar-refractivity contribution in [1.82, 2.24) is 9.55 Å². The molecule has 1 N–H and O–H groups in total. The average molecular weight is 358 g/mol. The highest BCUT2D eigenvalue weighted by molar-refractivity contribution is 5.46. The van der Waals surface area contributed by atoms with E-state index in [1.165, 1.54) is 30.5 Å². The van der Waals surface area contributed by atoms with Gasteiger partial charge in [-0.1, -0.05) is 0 Å². The molecule has 0 amide bonds. The molecular formula is C14H13F3N4O4. The summed E-state index contributed by atoms with van der Waals surface area (Å²) >= 11 is 0. The molecule has 1 aromatic carbocycles. The Kier molecular flexibility index (Phi) is 3.93. The molecule has 0 aliphatic carbocycles. The van der Waals surface area contributed by atoms with Crippen LogP contribution in [0.3, 0.4) is 0 Å². The van der Waals surface area contributed by atoms with Crippen LogP contribution in [0, 0.1) is 10.1 Å². The molecule has 1 aliphatic heterocycles. The molecule has 1 aromatic heterocycles. The van der Waals surface area contributed by atoms with Gasteiger partial charge in [0.15, 0.2) is 0 Å². The van der Waals surface area contributed by atoms with Crippen LogP contribution < -0.4 is 14.8 Å². The molecule has 8 nitrogen and oxygen atoms in total. The summed E-state index contributed by atoms with van der Waals surface area (Å²) in [6, 6.07) is 5.44. The quantitative estimate of drug-likeness (QED) is 0.653. The smallest absolute Gasteiger partial charge is 0.436 e. The van der Waals surface area contributed by atoms with Crippen molar-refractivity contribution in [2.45, 2.75) is 25.4 Å². The molecule has 2 heterocycles. The van der Waals surface area contributed by atoms with Gasteiger partial charge >= 0.3 is 18.2 Å². The number of rotatable bonds is 5. The van der Waals surface area contributed by atoms with Crippen molar-refractivity contribution in [2.75, 3.05) is 11.9 Å². The second-order valence-electron chi connectivity index (χ2n) is 5.74. The van der Waals surface area contributed by atoms with Crippen molar-refractivity contribution < 1.29 is 27.6 Å². The van der Waals surface area contributed by atoms with Gasteiger partial charge in [0, 0.05) is 10.7 Å². The SMILES string of the molecule is CC1(CNc2ccc(OC(F)(F)F)cc2)Cn2cc([N+](=O)[O-])nc2O1. The molecule has 0 saturated heterocycles. The van der Waals surface area contributed by atoms with E-state index in [-0.39, 0.29) is 17.6 Å². The molecule has 1 atom stereocenters. The Morgan fingerprint density at radius 2 is 2.12 bits per heavy atom. The fourth-order valence-electron chi connectivity index (χ4n) is 2.44. The van der Waals surface area contributed by atoms with Crippen molar-refractivity contribution in [2.24, 2.45) is 0 Å². The summed E-state index contributed by atoms with van der Waals surface area (Å²) in [6.07, 6.45) is -3.44. The first-order valence-electron chi connectivity index (χ1n) is 7.14. The Morgan fingerprint density at radius 3 is 2.68 bits per heavy atom. The molecule has 11 heteroatoms. The molecule has 0 spiro atoms. The third kappa shape index (κ3) is 3.92. The Labute approximate surface area is 139 Å². The normalized spacial score (nSPS) is 19.2. The van der Waals surface area contributed by atoms with Crippen molar-refractivity contribution in [3.8, 4) is 11.8 Å². The lowest BCUT2D eigenvalue weighted by molar-refractivity contribution is -0.389. The summed E-state index contributed by atoms with van der Waals surface area (Å²) in [6.45, 7) is 2.47. The number of nitrogens with one attached hydrogen (secondary N) is 1. The predicted octanol–water partition coefficient (Wildman–Crippen LogP) is 2.95. The zero-order valence-electron chi connectivity index (χ0n) is 12.9. The lowest BCUT2D eigenvalue weighted by atomic mass is 10.1. The number of imidazole rings is 1. The topological polar surface area (TPSA) is 91.5 Å². The Balaban J connectivity index is 1.58. The number of aromatic nitrogens is 2. The van der Waals surface area contributed by atoms with E-state index in [2.05, 4.69) is 15.0 Å². The summed E-state index contributed by atoms with van der Waals surface area (Å²) in [5.74, 6) is -0.598. The lowest BCUT2D eigenvalue weighted by Gasteiger charge is -2.23. The van der Waals surface area contributed by atoms with Gasteiger partial charge in [-0.15, -0.1) is 13.2 Å². The average Bonchev–Trinajstić information content (AvgIpc) is 3.00. The van der Waals surface area contributed by atoms with Gasteiger partial charge in [0.2, 0.25) is 0 Å². The highest BCUT2D eigenvalue weighted by Crippen LogP contribution is 2.31. The first-order chi connectivity index (χ1) is 11.6. The van der Waals surface area contributed by atoms with Gasteiger partial charge < -0.3 is 24.9 Å². The van der Waals surface area contributed by atoms with E-state index in [9.17, 15) is 23.3 Å². The maximum Gasteiger partial charge on any atom is 0.573 e. The maximum absolute atomic E-state index is 12.1. The minimum Gasteiger partial charge on any atom is -0.436 e. The van der Waals surface area contributed by atoms with Gasteiger partial charge in [-0.25, -0.2) is 0 Å². The zero-order valence-corrected chi connectivity index (χ0v) is 12.9. The molecule has 134 valence electrons. The van der Waals surface area contributed by atoms with Crippen LogP contribution in [0.25, 0.3) is 0 Å². The summed E-state index contributed by atoms with van der Waals surface area (Å²) < 4.78 is 47.3. The number of nitrogens with zero attached hydrogens (tertiary/aromatic N) is 3. The summed E-state index contributed by atoms with van der Waals surface area (Å²) in [4.78, 5) is 13.8. The first kappa shape index (κ1) is 16.9. The third-order valence-electron chi connectivity index (χ3n) is 3.51. The first-order valence-corrected chi connectivity index (χ1v) is 7.14. The zero-order chi connectivity index (χ0) is 18.2. The second kappa shape index (κ2) is 5.83. The minimum absolute atomic E-state index is 0.157. The number of nitro groups is 1.